The maximum Gasteiger partial charge on any atom is 0.254 e. The van der Waals surface area contributed by atoms with Crippen LogP contribution in [-0.4, -0.2) is 28.4 Å². The average Bonchev–Trinajstić information content (AvgIpc) is 2.32. The van der Waals surface area contributed by atoms with Gasteiger partial charge in [-0.1, -0.05) is 18.5 Å². The van der Waals surface area contributed by atoms with Crippen molar-refractivity contribution in [1.82, 2.24) is 10.3 Å². The highest BCUT2D eigenvalue weighted by Crippen LogP contribution is 2.18. The van der Waals surface area contributed by atoms with Crippen LogP contribution in [0.1, 0.15) is 30.6 Å². The van der Waals surface area contributed by atoms with Gasteiger partial charge in [-0.15, -0.1) is 0 Å². The van der Waals surface area contributed by atoms with Gasteiger partial charge in [-0.25, -0.2) is 4.98 Å². The van der Waals surface area contributed by atoms with E-state index in [-0.39, 0.29) is 17.1 Å². The highest BCUT2D eigenvalue weighted by atomic mass is 79.9. The molecule has 1 unspecified atom stereocenters. The Morgan fingerprint density at radius 3 is 3.06 bits per heavy atom. The van der Waals surface area contributed by atoms with E-state index in [0.29, 0.717) is 5.56 Å². The molecule has 1 rings (SSSR count). The summed E-state index contributed by atoms with van der Waals surface area (Å²) in [5, 5.41) is 3.15. The fourth-order valence-corrected chi connectivity index (χ4v) is 2.69. The number of carbonyl (C=O) groups is 1. The van der Waals surface area contributed by atoms with Crippen LogP contribution in [-0.2, 0) is 0 Å². The molecule has 1 aromatic heterocycles. The van der Waals surface area contributed by atoms with Crippen molar-refractivity contribution in [3.05, 3.63) is 27.5 Å². The molecular weight excluding hydrogens is 336 g/mol. The van der Waals surface area contributed by atoms with E-state index < -0.39 is 0 Å². The van der Waals surface area contributed by atoms with Gasteiger partial charge in [0.2, 0.25) is 0 Å². The second-order valence-corrected chi connectivity index (χ2v) is 6.52. The normalized spacial score (nSPS) is 12.2. The summed E-state index contributed by atoms with van der Waals surface area (Å²) in [5.74, 6) is 1.97. The van der Waals surface area contributed by atoms with E-state index >= 15 is 0 Å². The summed E-state index contributed by atoms with van der Waals surface area (Å²) >= 11 is 11.0. The van der Waals surface area contributed by atoms with Crippen LogP contribution in [0.15, 0.2) is 16.7 Å². The van der Waals surface area contributed by atoms with Crippen LogP contribution in [0.3, 0.4) is 0 Å². The van der Waals surface area contributed by atoms with Crippen LogP contribution in [0.4, 0.5) is 0 Å². The number of carbonyl (C=O) groups excluding carboxylic acids is 1. The number of nitrogens with zero attached hydrogens (tertiary/aromatic N) is 1. The Bertz CT molecular complexity index is 417. The van der Waals surface area contributed by atoms with E-state index in [1.54, 1.807) is 12.3 Å². The van der Waals surface area contributed by atoms with Crippen molar-refractivity contribution < 1.29 is 4.79 Å². The summed E-state index contributed by atoms with van der Waals surface area (Å²) in [6, 6.07) is 1.81. The third-order valence-electron chi connectivity index (χ3n) is 2.33. The number of pyridine rings is 1. The zero-order valence-electron chi connectivity index (χ0n) is 10.4. The minimum Gasteiger partial charge on any atom is -0.349 e. The van der Waals surface area contributed by atoms with Gasteiger partial charge in [0.1, 0.15) is 5.15 Å². The average molecular weight is 352 g/mol. The standard InChI is InChI=1S/C12H16BrClN2OS/c1-3-18-5-4-8(2)16-12(17)10-6-9(13)7-15-11(10)14/h6-8H,3-5H2,1-2H3,(H,16,17). The van der Waals surface area contributed by atoms with Gasteiger partial charge in [-0.3, -0.25) is 4.79 Å². The molecule has 0 spiro atoms. The predicted octanol–water partition coefficient (Wildman–Crippen LogP) is 3.76. The fraction of sp³-hybridized carbons (Fsp3) is 0.500. The summed E-state index contributed by atoms with van der Waals surface area (Å²) in [7, 11) is 0. The summed E-state index contributed by atoms with van der Waals surface area (Å²) < 4.78 is 0.742. The number of rotatable bonds is 6. The van der Waals surface area contributed by atoms with Crippen molar-refractivity contribution >= 4 is 45.2 Å². The van der Waals surface area contributed by atoms with Crippen LogP contribution in [0.2, 0.25) is 5.15 Å². The SMILES string of the molecule is CCSCCC(C)NC(=O)c1cc(Br)cnc1Cl. The van der Waals surface area contributed by atoms with Crippen LogP contribution in [0, 0.1) is 0 Å². The minimum atomic E-state index is -0.178. The number of hydrogen-bond acceptors (Lipinski definition) is 3. The molecular formula is C12H16BrClN2OS. The van der Waals surface area contributed by atoms with Crippen LogP contribution < -0.4 is 5.32 Å². The summed E-state index contributed by atoms with van der Waals surface area (Å²) in [4.78, 5) is 15.9. The minimum absolute atomic E-state index is 0.131. The van der Waals surface area contributed by atoms with Crippen molar-refractivity contribution in [2.75, 3.05) is 11.5 Å². The van der Waals surface area contributed by atoms with Gasteiger partial charge in [0.25, 0.3) is 5.91 Å². The first kappa shape index (κ1) is 15.8. The molecule has 100 valence electrons. The van der Waals surface area contributed by atoms with E-state index in [1.165, 1.54) is 0 Å². The number of thioether (sulfide) groups is 1. The molecule has 1 N–H and O–H groups in total. The Morgan fingerprint density at radius 1 is 1.67 bits per heavy atom. The van der Waals surface area contributed by atoms with Gasteiger partial charge in [0.15, 0.2) is 0 Å². The lowest BCUT2D eigenvalue weighted by molar-refractivity contribution is 0.0939. The van der Waals surface area contributed by atoms with E-state index in [9.17, 15) is 4.79 Å². The van der Waals surface area contributed by atoms with E-state index in [4.69, 9.17) is 11.6 Å². The largest absolute Gasteiger partial charge is 0.349 e. The number of amides is 1. The highest BCUT2D eigenvalue weighted by Gasteiger charge is 2.14. The zero-order chi connectivity index (χ0) is 13.5. The molecule has 0 radical (unpaired) electrons. The predicted molar refractivity (Wildman–Crippen MR) is 81.5 cm³/mol. The molecule has 0 saturated carbocycles. The molecule has 18 heavy (non-hydrogen) atoms. The first-order chi connectivity index (χ1) is 8.54. The van der Waals surface area contributed by atoms with E-state index in [1.807, 2.05) is 18.7 Å². The molecule has 1 heterocycles. The van der Waals surface area contributed by atoms with Gasteiger partial charge < -0.3 is 5.32 Å². The Balaban J connectivity index is 2.56. The zero-order valence-corrected chi connectivity index (χ0v) is 13.5. The first-order valence-electron chi connectivity index (χ1n) is 5.74. The van der Waals surface area contributed by atoms with Gasteiger partial charge in [0, 0.05) is 16.7 Å². The molecule has 0 aliphatic heterocycles. The third kappa shape index (κ3) is 5.16. The lowest BCUT2D eigenvalue weighted by atomic mass is 10.2. The molecule has 0 fully saturated rings. The second kappa shape index (κ2) is 8.02. The second-order valence-electron chi connectivity index (χ2n) is 3.85. The van der Waals surface area contributed by atoms with Crippen LogP contribution in [0.5, 0.6) is 0 Å². The van der Waals surface area contributed by atoms with E-state index in [2.05, 4.69) is 33.2 Å². The molecule has 0 aliphatic carbocycles. The smallest absolute Gasteiger partial charge is 0.254 e. The molecule has 1 aromatic rings. The Hall–Kier alpha value is -0.260. The maximum atomic E-state index is 12.0. The summed E-state index contributed by atoms with van der Waals surface area (Å²) in [6.45, 7) is 4.12. The lowest BCUT2D eigenvalue weighted by Crippen LogP contribution is -2.33. The first-order valence-corrected chi connectivity index (χ1v) is 8.06. The summed E-state index contributed by atoms with van der Waals surface area (Å²) in [5.41, 5.74) is 0.404. The maximum absolute atomic E-state index is 12.0. The van der Waals surface area contributed by atoms with Crippen molar-refractivity contribution in [2.24, 2.45) is 0 Å². The van der Waals surface area contributed by atoms with Gasteiger partial charge in [-0.2, -0.15) is 11.8 Å². The Labute approximate surface area is 125 Å². The molecule has 0 aromatic carbocycles. The van der Waals surface area contributed by atoms with Crippen LogP contribution in [0.25, 0.3) is 0 Å². The number of hydrogen-bond donors (Lipinski definition) is 1. The highest BCUT2D eigenvalue weighted by molar-refractivity contribution is 9.10. The van der Waals surface area contributed by atoms with Crippen LogP contribution >= 0.6 is 39.3 Å². The molecule has 0 saturated heterocycles. The van der Waals surface area contributed by atoms with Crippen molar-refractivity contribution in [3.8, 4) is 0 Å². The van der Waals surface area contributed by atoms with Crippen molar-refractivity contribution in [3.63, 3.8) is 0 Å². The number of nitrogens with one attached hydrogen (secondary N) is 1. The fourth-order valence-electron chi connectivity index (χ4n) is 1.36. The quantitative estimate of drug-likeness (QED) is 0.627. The molecule has 3 nitrogen and oxygen atoms in total. The molecule has 1 amide bonds. The molecule has 1 atom stereocenters. The van der Waals surface area contributed by atoms with Gasteiger partial charge >= 0.3 is 0 Å². The van der Waals surface area contributed by atoms with Gasteiger partial charge in [0.05, 0.1) is 5.56 Å². The van der Waals surface area contributed by atoms with Crippen molar-refractivity contribution in [2.45, 2.75) is 26.3 Å². The number of halogens is 2. The Kier molecular flexibility index (Phi) is 7.04. The topological polar surface area (TPSA) is 42.0 Å². The number of aromatic nitrogens is 1. The molecule has 0 bridgehead atoms. The lowest BCUT2D eigenvalue weighted by Gasteiger charge is -2.14. The van der Waals surface area contributed by atoms with E-state index in [0.717, 1.165) is 22.4 Å². The summed E-state index contributed by atoms with van der Waals surface area (Å²) in [6.07, 6.45) is 2.52. The molecule has 0 aliphatic rings. The molecule has 6 heteroatoms. The third-order valence-corrected chi connectivity index (χ3v) is 3.99. The Morgan fingerprint density at radius 2 is 2.39 bits per heavy atom. The van der Waals surface area contributed by atoms with Crippen molar-refractivity contribution in [1.29, 1.82) is 0 Å². The van der Waals surface area contributed by atoms with Gasteiger partial charge in [-0.05, 0) is 46.8 Å². The monoisotopic (exact) mass is 350 g/mol.